The van der Waals surface area contributed by atoms with Gasteiger partial charge in [0.25, 0.3) is 0 Å². The number of esters is 1. The standard InChI is InChI=1S/C27H37FO7/c1-15(2)13-35-23-11-20-19-7-6-17-10-18(30)8-9-24(17,4)26(19,28)21(31)12-25(20,5)27(23,33)22(32)14-34-16(3)29/h10,19-21,23,31,33H,1,6-9,11-14H2,2-5H3/t19-,20-,21-,23+,24-,25-,26?,27+/m0/s1. The third kappa shape index (κ3) is 3.58. The first-order valence-electron chi connectivity index (χ1n) is 12.5. The monoisotopic (exact) mass is 492 g/mol. The van der Waals surface area contributed by atoms with Crippen molar-refractivity contribution in [1.82, 2.24) is 0 Å². The second-order valence-corrected chi connectivity index (χ2v) is 11.6. The zero-order chi connectivity index (χ0) is 26.0. The number of carbonyl (C=O) groups is 3. The number of Topliss-reactive ketones (excluding diaryl/α,β-unsaturated/α-hetero) is 1. The van der Waals surface area contributed by atoms with Crippen LogP contribution in [0.4, 0.5) is 4.39 Å². The summed E-state index contributed by atoms with van der Waals surface area (Å²) in [4.78, 5) is 36.9. The molecule has 1 unspecified atom stereocenters. The number of ketones is 2. The molecule has 4 rings (SSSR count). The fourth-order valence-electron chi connectivity index (χ4n) is 7.77. The molecule has 0 heterocycles. The van der Waals surface area contributed by atoms with E-state index < -0.39 is 64.5 Å². The van der Waals surface area contributed by atoms with Gasteiger partial charge < -0.3 is 19.7 Å². The number of hydrogen-bond donors (Lipinski definition) is 2. The Balaban J connectivity index is 1.77. The van der Waals surface area contributed by atoms with Gasteiger partial charge in [0.15, 0.2) is 18.0 Å². The maximum atomic E-state index is 17.3. The molecule has 3 saturated carbocycles. The van der Waals surface area contributed by atoms with Crippen molar-refractivity contribution in [1.29, 1.82) is 0 Å². The lowest BCUT2D eigenvalue weighted by Gasteiger charge is -2.63. The van der Waals surface area contributed by atoms with E-state index >= 15 is 4.39 Å². The van der Waals surface area contributed by atoms with Gasteiger partial charge in [-0.05, 0) is 51.0 Å². The predicted molar refractivity (Wildman–Crippen MR) is 125 cm³/mol. The van der Waals surface area contributed by atoms with Crippen LogP contribution in [-0.2, 0) is 23.9 Å². The Hall–Kier alpha value is -1.90. The van der Waals surface area contributed by atoms with E-state index in [1.165, 1.54) is 6.92 Å². The summed E-state index contributed by atoms with van der Waals surface area (Å²) >= 11 is 0. The third-order valence-electron chi connectivity index (χ3n) is 9.60. The summed E-state index contributed by atoms with van der Waals surface area (Å²) in [6, 6.07) is 0. The summed E-state index contributed by atoms with van der Waals surface area (Å²) in [6.07, 6.45) is 0.652. The number of aliphatic hydroxyl groups is 2. The van der Waals surface area contributed by atoms with Crippen molar-refractivity contribution in [3.05, 3.63) is 23.8 Å². The lowest BCUT2D eigenvalue weighted by Crippen LogP contribution is -2.70. The number of aliphatic hydroxyl groups excluding tert-OH is 1. The second-order valence-electron chi connectivity index (χ2n) is 11.6. The molecule has 0 aromatic carbocycles. The molecule has 4 aliphatic carbocycles. The highest BCUT2D eigenvalue weighted by molar-refractivity contribution is 5.92. The maximum Gasteiger partial charge on any atom is 0.303 e. The van der Waals surface area contributed by atoms with Crippen molar-refractivity contribution < 1.29 is 38.5 Å². The molecule has 0 aliphatic heterocycles. The third-order valence-corrected chi connectivity index (χ3v) is 9.60. The Kier molecular flexibility index (Phi) is 6.43. The number of fused-ring (bicyclic) bond motifs is 5. The Morgan fingerprint density at radius 2 is 1.89 bits per heavy atom. The van der Waals surface area contributed by atoms with E-state index in [2.05, 4.69) is 6.58 Å². The molecule has 3 fully saturated rings. The van der Waals surface area contributed by atoms with Gasteiger partial charge in [-0.25, -0.2) is 4.39 Å². The topological polar surface area (TPSA) is 110 Å². The molecular formula is C27H37FO7. The van der Waals surface area contributed by atoms with Crippen LogP contribution in [0, 0.1) is 22.7 Å². The van der Waals surface area contributed by atoms with Crippen molar-refractivity contribution in [2.45, 2.75) is 89.7 Å². The molecule has 8 heteroatoms. The first-order valence-corrected chi connectivity index (χ1v) is 12.5. The SMILES string of the molecule is C=C(C)CO[C@@H]1C[C@H]2[C@@H]3CCC4=CC(=O)CC[C@]4(C)C3(F)[C@@H](O)C[C@]2(C)[C@@]1(O)C(=O)COC(C)=O. The zero-order valence-electron chi connectivity index (χ0n) is 21.1. The fourth-order valence-corrected chi connectivity index (χ4v) is 7.77. The summed E-state index contributed by atoms with van der Waals surface area (Å²) in [7, 11) is 0. The van der Waals surface area contributed by atoms with Crippen LogP contribution >= 0.6 is 0 Å². The molecule has 0 amide bonds. The van der Waals surface area contributed by atoms with E-state index in [0.717, 1.165) is 5.57 Å². The highest BCUT2D eigenvalue weighted by atomic mass is 19.1. The van der Waals surface area contributed by atoms with E-state index in [1.807, 2.05) is 0 Å². The van der Waals surface area contributed by atoms with Gasteiger partial charge >= 0.3 is 5.97 Å². The largest absolute Gasteiger partial charge is 0.458 e. The van der Waals surface area contributed by atoms with Crippen LogP contribution in [0.5, 0.6) is 0 Å². The van der Waals surface area contributed by atoms with Crippen molar-refractivity contribution in [2.24, 2.45) is 22.7 Å². The molecule has 0 saturated heterocycles. The molecule has 0 aromatic rings. The average Bonchev–Trinajstić information content (AvgIpc) is 3.00. The van der Waals surface area contributed by atoms with Crippen LogP contribution in [-0.4, -0.2) is 64.4 Å². The molecule has 8 atom stereocenters. The zero-order valence-corrected chi connectivity index (χ0v) is 21.1. The summed E-state index contributed by atoms with van der Waals surface area (Å²) in [5.74, 6) is -2.49. The molecule has 0 aromatic heterocycles. The van der Waals surface area contributed by atoms with Crippen molar-refractivity contribution in [2.75, 3.05) is 13.2 Å². The van der Waals surface area contributed by atoms with E-state index in [0.29, 0.717) is 24.8 Å². The number of alkyl halides is 1. The lowest BCUT2D eigenvalue weighted by molar-refractivity contribution is -0.232. The van der Waals surface area contributed by atoms with Crippen LogP contribution in [0.25, 0.3) is 0 Å². The number of carbonyl (C=O) groups excluding carboxylic acids is 3. The second kappa shape index (κ2) is 8.60. The van der Waals surface area contributed by atoms with E-state index in [1.54, 1.807) is 26.8 Å². The summed E-state index contributed by atoms with van der Waals surface area (Å²) in [6.45, 7) is 9.76. The number of hydrogen-bond acceptors (Lipinski definition) is 7. The first kappa shape index (κ1) is 26.2. The van der Waals surface area contributed by atoms with Gasteiger partial charge in [-0.3, -0.25) is 14.4 Å². The number of ether oxygens (including phenoxy) is 2. The van der Waals surface area contributed by atoms with E-state index in [9.17, 15) is 24.6 Å². The average molecular weight is 493 g/mol. The van der Waals surface area contributed by atoms with Gasteiger partial charge in [-0.2, -0.15) is 0 Å². The Morgan fingerprint density at radius 3 is 2.51 bits per heavy atom. The first-order chi connectivity index (χ1) is 16.2. The van der Waals surface area contributed by atoms with Crippen molar-refractivity contribution >= 4 is 17.5 Å². The predicted octanol–water partition coefficient (Wildman–Crippen LogP) is 3.02. The van der Waals surface area contributed by atoms with Gasteiger partial charge in [0, 0.05) is 30.1 Å². The molecule has 2 N–H and O–H groups in total. The quantitative estimate of drug-likeness (QED) is 0.433. The number of rotatable bonds is 6. The van der Waals surface area contributed by atoms with Crippen LogP contribution in [0.3, 0.4) is 0 Å². The molecule has 0 radical (unpaired) electrons. The van der Waals surface area contributed by atoms with Crippen LogP contribution in [0.15, 0.2) is 23.8 Å². The Morgan fingerprint density at radius 1 is 1.20 bits per heavy atom. The maximum absolute atomic E-state index is 17.3. The van der Waals surface area contributed by atoms with Crippen molar-refractivity contribution in [3.8, 4) is 0 Å². The molecule has 35 heavy (non-hydrogen) atoms. The van der Waals surface area contributed by atoms with E-state index in [4.69, 9.17) is 9.47 Å². The van der Waals surface area contributed by atoms with Crippen molar-refractivity contribution in [3.63, 3.8) is 0 Å². The highest BCUT2D eigenvalue weighted by Gasteiger charge is 2.76. The van der Waals surface area contributed by atoms with Crippen LogP contribution in [0.1, 0.15) is 66.2 Å². The smallest absolute Gasteiger partial charge is 0.303 e. The molecule has 4 aliphatic rings. The minimum atomic E-state index is -2.08. The highest BCUT2D eigenvalue weighted by Crippen LogP contribution is 2.70. The van der Waals surface area contributed by atoms with E-state index in [-0.39, 0.29) is 31.7 Å². The molecule has 194 valence electrons. The minimum absolute atomic E-state index is 0.0192. The number of halogens is 1. The van der Waals surface area contributed by atoms with Gasteiger partial charge in [0.05, 0.1) is 18.8 Å². The summed E-state index contributed by atoms with van der Waals surface area (Å²) in [5.41, 5.74) is -4.85. The van der Waals surface area contributed by atoms with Gasteiger partial charge in [0.1, 0.15) is 5.67 Å². The molecule has 7 nitrogen and oxygen atoms in total. The van der Waals surface area contributed by atoms with Crippen LogP contribution < -0.4 is 0 Å². The molecule has 0 bridgehead atoms. The van der Waals surface area contributed by atoms with Gasteiger partial charge in [-0.1, -0.05) is 31.6 Å². The molecule has 0 spiro atoms. The fraction of sp³-hybridized carbons (Fsp3) is 0.741. The number of allylic oxidation sites excluding steroid dienone is 1. The van der Waals surface area contributed by atoms with Crippen LogP contribution in [0.2, 0.25) is 0 Å². The summed E-state index contributed by atoms with van der Waals surface area (Å²) < 4.78 is 28.2. The Bertz CT molecular complexity index is 990. The Labute approximate surface area is 205 Å². The normalized spacial score (nSPS) is 44.5. The molecular weight excluding hydrogens is 455 g/mol. The summed E-state index contributed by atoms with van der Waals surface area (Å²) in [5, 5.41) is 23.5. The van der Waals surface area contributed by atoms with Gasteiger partial charge in [-0.15, -0.1) is 0 Å². The van der Waals surface area contributed by atoms with Gasteiger partial charge in [0.2, 0.25) is 5.78 Å². The lowest BCUT2D eigenvalue weighted by atomic mass is 9.44. The minimum Gasteiger partial charge on any atom is -0.458 e.